The zero-order chi connectivity index (χ0) is 19.0. The molecule has 0 aliphatic carbocycles. The van der Waals surface area contributed by atoms with E-state index in [0.29, 0.717) is 17.4 Å². The zero-order valence-corrected chi connectivity index (χ0v) is 16.4. The summed E-state index contributed by atoms with van der Waals surface area (Å²) < 4.78 is 0. The minimum absolute atomic E-state index is 0.0885. The molecule has 0 fully saturated rings. The van der Waals surface area contributed by atoms with E-state index >= 15 is 0 Å². The number of carbonyl (C=O) groups excluding carboxylic acids is 1. The maximum Gasteiger partial charge on any atom is 0.255 e. The number of rotatable bonds is 4. The van der Waals surface area contributed by atoms with Crippen LogP contribution >= 0.6 is 22.9 Å². The lowest BCUT2D eigenvalue weighted by Gasteiger charge is -2.27. The molecule has 0 bridgehead atoms. The quantitative estimate of drug-likeness (QED) is 0.675. The number of hydrogen-bond acceptors (Lipinski definition) is 5. The first-order chi connectivity index (χ1) is 13.0. The van der Waals surface area contributed by atoms with Crippen LogP contribution in [0.25, 0.3) is 11.4 Å². The van der Waals surface area contributed by atoms with E-state index in [4.69, 9.17) is 11.6 Å². The number of benzene rings is 1. The third-order valence-electron chi connectivity index (χ3n) is 4.65. The molecule has 0 unspecified atom stereocenters. The van der Waals surface area contributed by atoms with Crippen LogP contribution in [0.4, 0.5) is 0 Å². The van der Waals surface area contributed by atoms with Crippen molar-refractivity contribution >= 4 is 28.7 Å². The van der Waals surface area contributed by atoms with Crippen molar-refractivity contribution < 1.29 is 4.79 Å². The Morgan fingerprint density at radius 1 is 1.26 bits per heavy atom. The van der Waals surface area contributed by atoms with Gasteiger partial charge in [0.15, 0.2) is 5.78 Å². The van der Waals surface area contributed by atoms with E-state index in [1.54, 1.807) is 19.1 Å². The maximum atomic E-state index is 12.6. The minimum atomic E-state index is -0.0924. The number of ketones is 1. The van der Waals surface area contributed by atoms with Crippen LogP contribution in [0.5, 0.6) is 0 Å². The van der Waals surface area contributed by atoms with Crippen LogP contribution in [0.15, 0.2) is 41.2 Å². The Morgan fingerprint density at radius 3 is 2.74 bits per heavy atom. The Morgan fingerprint density at radius 2 is 2.04 bits per heavy atom. The summed E-state index contributed by atoms with van der Waals surface area (Å²) in [4.78, 5) is 35.8. The number of aromatic amines is 1. The molecule has 1 aliphatic heterocycles. The fraction of sp³-hybridized carbons (Fsp3) is 0.250. The van der Waals surface area contributed by atoms with Crippen LogP contribution in [0.3, 0.4) is 0 Å². The first-order valence-electron chi connectivity index (χ1n) is 8.69. The average Bonchev–Trinajstić information content (AvgIpc) is 3.11. The van der Waals surface area contributed by atoms with Gasteiger partial charge in [0.05, 0.1) is 16.1 Å². The van der Waals surface area contributed by atoms with Gasteiger partial charge in [0.25, 0.3) is 5.56 Å². The molecule has 2 aromatic heterocycles. The van der Waals surface area contributed by atoms with E-state index in [1.165, 1.54) is 11.3 Å². The fourth-order valence-electron chi connectivity index (χ4n) is 3.23. The second-order valence-corrected chi connectivity index (χ2v) is 8.23. The fourth-order valence-corrected chi connectivity index (χ4v) is 4.30. The van der Waals surface area contributed by atoms with E-state index in [0.717, 1.165) is 46.1 Å². The van der Waals surface area contributed by atoms with Gasteiger partial charge in [-0.05, 0) is 43.3 Å². The van der Waals surface area contributed by atoms with E-state index in [9.17, 15) is 9.59 Å². The van der Waals surface area contributed by atoms with Crippen molar-refractivity contribution in [1.82, 2.24) is 14.9 Å². The third kappa shape index (κ3) is 3.88. The zero-order valence-electron chi connectivity index (χ0n) is 14.8. The van der Waals surface area contributed by atoms with E-state index in [2.05, 4.69) is 14.9 Å². The molecule has 3 heterocycles. The number of carbonyl (C=O) groups is 1. The van der Waals surface area contributed by atoms with E-state index in [-0.39, 0.29) is 11.3 Å². The predicted molar refractivity (Wildman–Crippen MR) is 107 cm³/mol. The molecule has 1 aliphatic rings. The number of fused-ring (bicyclic) bond motifs is 1. The summed E-state index contributed by atoms with van der Waals surface area (Å²) in [7, 11) is 0. The van der Waals surface area contributed by atoms with Crippen molar-refractivity contribution in [3.05, 3.63) is 72.8 Å². The standard InChI is InChI=1S/C20H18ClN3O2S/c1-12(25)18-7-6-15(27-18)10-24-9-8-17-16(11-24)20(26)23-19(22-17)13-2-4-14(21)5-3-13/h2-7H,8-11H2,1H3,(H,22,23,26). The van der Waals surface area contributed by atoms with Crippen molar-refractivity contribution in [2.75, 3.05) is 6.54 Å². The van der Waals surface area contributed by atoms with E-state index in [1.807, 2.05) is 24.3 Å². The van der Waals surface area contributed by atoms with Crippen LogP contribution in [0.2, 0.25) is 5.02 Å². The lowest BCUT2D eigenvalue weighted by atomic mass is 10.1. The second kappa shape index (κ2) is 7.38. The molecule has 0 radical (unpaired) electrons. The highest BCUT2D eigenvalue weighted by atomic mass is 35.5. The highest BCUT2D eigenvalue weighted by molar-refractivity contribution is 7.14. The van der Waals surface area contributed by atoms with Gasteiger partial charge in [0, 0.05) is 41.5 Å². The third-order valence-corrected chi connectivity index (χ3v) is 6.08. The Bertz CT molecular complexity index is 1060. The van der Waals surface area contributed by atoms with Gasteiger partial charge in [-0.3, -0.25) is 14.5 Å². The SMILES string of the molecule is CC(=O)c1ccc(CN2CCc3nc(-c4ccc(Cl)cc4)[nH]c(=O)c3C2)s1. The van der Waals surface area contributed by atoms with Gasteiger partial charge >= 0.3 is 0 Å². The summed E-state index contributed by atoms with van der Waals surface area (Å²) >= 11 is 7.45. The molecule has 0 spiro atoms. The molecule has 0 amide bonds. The highest BCUT2D eigenvalue weighted by Crippen LogP contribution is 2.23. The topological polar surface area (TPSA) is 66.1 Å². The van der Waals surface area contributed by atoms with Crippen molar-refractivity contribution in [1.29, 1.82) is 0 Å². The number of aromatic nitrogens is 2. The van der Waals surface area contributed by atoms with Crippen molar-refractivity contribution in [3.8, 4) is 11.4 Å². The Hall–Kier alpha value is -2.28. The molecule has 4 rings (SSSR count). The van der Waals surface area contributed by atoms with Gasteiger partial charge in [-0.2, -0.15) is 0 Å². The van der Waals surface area contributed by atoms with Crippen LogP contribution in [0, 0.1) is 0 Å². The van der Waals surface area contributed by atoms with Crippen LogP contribution in [0.1, 0.15) is 32.7 Å². The first kappa shape index (κ1) is 18.1. The first-order valence-corrected chi connectivity index (χ1v) is 9.89. The van der Waals surface area contributed by atoms with Gasteiger partial charge in [-0.1, -0.05) is 11.6 Å². The van der Waals surface area contributed by atoms with Gasteiger partial charge < -0.3 is 4.98 Å². The van der Waals surface area contributed by atoms with Crippen molar-refractivity contribution in [2.24, 2.45) is 0 Å². The molecule has 138 valence electrons. The van der Waals surface area contributed by atoms with Crippen molar-refractivity contribution in [3.63, 3.8) is 0 Å². The molecular weight excluding hydrogens is 382 g/mol. The predicted octanol–water partition coefficient (Wildman–Crippen LogP) is 3.91. The van der Waals surface area contributed by atoms with Gasteiger partial charge in [-0.15, -0.1) is 11.3 Å². The number of halogens is 1. The molecule has 1 N–H and O–H groups in total. The second-order valence-electron chi connectivity index (χ2n) is 6.63. The summed E-state index contributed by atoms with van der Waals surface area (Å²) in [6.07, 6.45) is 0.727. The summed E-state index contributed by atoms with van der Waals surface area (Å²) in [5, 5.41) is 0.649. The monoisotopic (exact) mass is 399 g/mol. The molecule has 1 aromatic carbocycles. The summed E-state index contributed by atoms with van der Waals surface area (Å²) in [6, 6.07) is 11.1. The summed E-state index contributed by atoms with van der Waals surface area (Å²) in [6.45, 7) is 3.70. The number of thiophene rings is 1. The Labute approximate surface area is 165 Å². The molecule has 27 heavy (non-hydrogen) atoms. The van der Waals surface area contributed by atoms with Gasteiger partial charge in [0.2, 0.25) is 0 Å². The molecule has 0 atom stereocenters. The largest absolute Gasteiger partial charge is 0.306 e. The summed E-state index contributed by atoms with van der Waals surface area (Å²) in [5.74, 6) is 0.666. The minimum Gasteiger partial charge on any atom is -0.306 e. The number of nitrogens with zero attached hydrogens (tertiary/aromatic N) is 2. The Balaban J connectivity index is 1.55. The maximum absolute atomic E-state index is 12.6. The lowest BCUT2D eigenvalue weighted by Crippen LogP contribution is -2.35. The number of H-pyrrole nitrogens is 1. The molecule has 5 nitrogen and oxygen atoms in total. The summed E-state index contributed by atoms with van der Waals surface area (Å²) in [5.41, 5.74) is 2.33. The van der Waals surface area contributed by atoms with E-state index < -0.39 is 0 Å². The molecule has 7 heteroatoms. The number of hydrogen-bond donors (Lipinski definition) is 1. The molecule has 0 saturated heterocycles. The Kier molecular flexibility index (Phi) is 4.95. The molecule has 3 aromatic rings. The van der Waals surface area contributed by atoms with Crippen LogP contribution in [-0.2, 0) is 19.5 Å². The van der Waals surface area contributed by atoms with Crippen LogP contribution in [-0.4, -0.2) is 27.2 Å². The smallest absolute Gasteiger partial charge is 0.255 e. The van der Waals surface area contributed by atoms with Gasteiger partial charge in [-0.25, -0.2) is 4.98 Å². The van der Waals surface area contributed by atoms with Gasteiger partial charge in [0.1, 0.15) is 5.82 Å². The molecular formula is C20H18ClN3O2S. The normalized spacial score (nSPS) is 14.1. The number of nitrogens with one attached hydrogen (secondary N) is 1. The highest BCUT2D eigenvalue weighted by Gasteiger charge is 2.22. The van der Waals surface area contributed by atoms with Crippen molar-refractivity contribution in [2.45, 2.75) is 26.4 Å². The molecule has 0 saturated carbocycles. The number of Topliss-reactive ketones (excluding diaryl/α,β-unsaturated/α-hetero) is 1. The average molecular weight is 400 g/mol. The lowest BCUT2D eigenvalue weighted by molar-refractivity contribution is 0.102. The van der Waals surface area contributed by atoms with Crippen LogP contribution < -0.4 is 5.56 Å².